The standard InChI is InChI=1S/C11H8BrN5/c12-8-6-17(16-9(8)5-13)10-2-4-15-11-7(10)1-3-14-11/h2,4,6H,1,3H2,(H,14,15). The average Bonchev–Trinajstić information content (AvgIpc) is 2.94. The topological polar surface area (TPSA) is 66.5 Å². The van der Waals surface area contributed by atoms with E-state index in [0.29, 0.717) is 10.2 Å². The third kappa shape index (κ3) is 1.59. The smallest absolute Gasteiger partial charge is 0.177 e. The van der Waals surface area contributed by atoms with Crippen molar-refractivity contribution in [1.82, 2.24) is 14.8 Å². The minimum absolute atomic E-state index is 0.390. The van der Waals surface area contributed by atoms with Crippen molar-refractivity contribution < 1.29 is 0 Å². The first kappa shape index (κ1) is 10.3. The van der Waals surface area contributed by atoms with E-state index < -0.39 is 0 Å². The highest BCUT2D eigenvalue weighted by atomic mass is 79.9. The molecule has 0 saturated heterocycles. The molecule has 6 heteroatoms. The Hall–Kier alpha value is -1.87. The molecule has 1 N–H and O–H groups in total. The summed E-state index contributed by atoms with van der Waals surface area (Å²) in [6.07, 6.45) is 4.47. The van der Waals surface area contributed by atoms with E-state index in [1.807, 2.05) is 12.1 Å². The number of nitrogens with one attached hydrogen (secondary N) is 1. The van der Waals surface area contributed by atoms with Gasteiger partial charge in [0.25, 0.3) is 0 Å². The number of nitriles is 1. The Balaban J connectivity index is 2.16. The van der Waals surface area contributed by atoms with E-state index in [0.717, 1.165) is 30.0 Å². The molecule has 3 heterocycles. The van der Waals surface area contributed by atoms with Gasteiger partial charge in [-0.25, -0.2) is 9.67 Å². The molecule has 0 spiro atoms. The molecule has 0 radical (unpaired) electrons. The number of nitrogens with zero attached hydrogens (tertiary/aromatic N) is 4. The molecule has 1 aliphatic rings. The highest BCUT2D eigenvalue weighted by Gasteiger charge is 2.17. The largest absolute Gasteiger partial charge is 0.369 e. The number of halogens is 1. The van der Waals surface area contributed by atoms with Crippen LogP contribution in [0.5, 0.6) is 0 Å². The van der Waals surface area contributed by atoms with Crippen LogP contribution in [0.15, 0.2) is 22.9 Å². The van der Waals surface area contributed by atoms with Gasteiger partial charge in [0.2, 0.25) is 0 Å². The SMILES string of the molecule is N#Cc1nn(-c2ccnc3c2CCN3)cc1Br. The molecule has 0 saturated carbocycles. The minimum Gasteiger partial charge on any atom is -0.369 e. The van der Waals surface area contributed by atoms with Crippen molar-refractivity contribution in [3.05, 3.63) is 34.2 Å². The number of hydrogen-bond acceptors (Lipinski definition) is 4. The second-order valence-electron chi connectivity index (χ2n) is 3.72. The van der Waals surface area contributed by atoms with Crippen LogP contribution < -0.4 is 5.32 Å². The fraction of sp³-hybridized carbons (Fsp3) is 0.182. The summed E-state index contributed by atoms with van der Waals surface area (Å²) >= 11 is 3.32. The highest BCUT2D eigenvalue weighted by molar-refractivity contribution is 9.10. The van der Waals surface area contributed by atoms with Gasteiger partial charge in [-0.05, 0) is 28.4 Å². The van der Waals surface area contributed by atoms with E-state index in [4.69, 9.17) is 5.26 Å². The molecule has 0 atom stereocenters. The third-order valence-corrected chi connectivity index (χ3v) is 3.30. The number of fused-ring (bicyclic) bond motifs is 1. The molecule has 3 rings (SSSR count). The molecule has 17 heavy (non-hydrogen) atoms. The summed E-state index contributed by atoms with van der Waals surface area (Å²) in [5.74, 6) is 0.910. The van der Waals surface area contributed by atoms with Crippen LogP contribution in [0.2, 0.25) is 0 Å². The summed E-state index contributed by atoms with van der Waals surface area (Å²) in [5.41, 5.74) is 2.51. The van der Waals surface area contributed by atoms with Crippen LogP contribution in [0.1, 0.15) is 11.3 Å². The number of aromatic nitrogens is 3. The minimum atomic E-state index is 0.390. The maximum absolute atomic E-state index is 8.89. The van der Waals surface area contributed by atoms with Crippen molar-refractivity contribution in [1.29, 1.82) is 5.26 Å². The molecule has 0 unspecified atom stereocenters. The molecule has 0 fully saturated rings. The van der Waals surface area contributed by atoms with Crippen LogP contribution in [0.4, 0.5) is 5.82 Å². The van der Waals surface area contributed by atoms with E-state index in [-0.39, 0.29) is 0 Å². The lowest BCUT2D eigenvalue weighted by atomic mass is 10.2. The molecule has 0 amide bonds. The van der Waals surface area contributed by atoms with Crippen LogP contribution in [0.3, 0.4) is 0 Å². The van der Waals surface area contributed by atoms with Gasteiger partial charge in [0, 0.05) is 24.5 Å². The zero-order chi connectivity index (χ0) is 11.8. The lowest BCUT2D eigenvalue weighted by molar-refractivity contribution is 0.858. The molecule has 0 bridgehead atoms. The Bertz CT molecular complexity index is 625. The Labute approximate surface area is 106 Å². The summed E-state index contributed by atoms with van der Waals surface area (Å²) in [6.45, 7) is 0.896. The van der Waals surface area contributed by atoms with E-state index in [1.54, 1.807) is 17.1 Å². The molecule has 1 aliphatic heterocycles. The fourth-order valence-electron chi connectivity index (χ4n) is 1.95. The molecule has 2 aromatic rings. The van der Waals surface area contributed by atoms with Gasteiger partial charge in [-0.15, -0.1) is 0 Å². The van der Waals surface area contributed by atoms with Gasteiger partial charge in [-0.1, -0.05) is 0 Å². The van der Waals surface area contributed by atoms with Gasteiger partial charge < -0.3 is 5.32 Å². The average molecular weight is 290 g/mol. The van der Waals surface area contributed by atoms with Crippen molar-refractivity contribution in [3.63, 3.8) is 0 Å². The van der Waals surface area contributed by atoms with Gasteiger partial charge in [-0.3, -0.25) is 0 Å². The van der Waals surface area contributed by atoms with Gasteiger partial charge in [-0.2, -0.15) is 10.4 Å². The van der Waals surface area contributed by atoms with Crippen molar-refractivity contribution in [3.8, 4) is 11.8 Å². The fourth-order valence-corrected chi connectivity index (χ4v) is 2.32. The second-order valence-corrected chi connectivity index (χ2v) is 4.57. The molecule has 0 aliphatic carbocycles. The zero-order valence-electron chi connectivity index (χ0n) is 8.81. The molecular weight excluding hydrogens is 282 g/mol. The Morgan fingerprint density at radius 3 is 3.18 bits per heavy atom. The quantitative estimate of drug-likeness (QED) is 0.870. The van der Waals surface area contributed by atoms with Crippen LogP contribution in [-0.2, 0) is 6.42 Å². The predicted molar refractivity (Wildman–Crippen MR) is 66.0 cm³/mol. The second kappa shape index (κ2) is 3.86. The number of anilines is 1. The number of rotatable bonds is 1. The van der Waals surface area contributed by atoms with E-state index in [2.05, 4.69) is 31.3 Å². The Morgan fingerprint density at radius 2 is 2.41 bits per heavy atom. The van der Waals surface area contributed by atoms with Gasteiger partial charge in [0.1, 0.15) is 11.9 Å². The van der Waals surface area contributed by atoms with Gasteiger partial charge in [0.15, 0.2) is 5.69 Å². The molecule has 2 aromatic heterocycles. The first-order valence-electron chi connectivity index (χ1n) is 5.17. The van der Waals surface area contributed by atoms with Crippen molar-refractivity contribution in [2.45, 2.75) is 6.42 Å². The Kier molecular flexibility index (Phi) is 2.34. The zero-order valence-corrected chi connectivity index (χ0v) is 10.4. The first-order chi connectivity index (χ1) is 8.29. The van der Waals surface area contributed by atoms with Crippen molar-refractivity contribution in [2.24, 2.45) is 0 Å². The Morgan fingerprint density at radius 1 is 1.53 bits per heavy atom. The number of pyridine rings is 1. The molecular formula is C11H8BrN5. The van der Waals surface area contributed by atoms with Crippen LogP contribution in [0, 0.1) is 11.3 Å². The number of hydrogen-bond donors (Lipinski definition) is 1. The lowest BCUT2D eigenvalue weighted by Crippen LogP contribution is -2.00. The third-order valence-electron chi connectivity index (χ3n) is 2.72. The van der Waals surface area contributed by atoms with E-state index in [9.17, 15) is 0 Å². The van der Waals surface area contributed by atoms with Crippen molar-refractivity contribution in [2.75, 3.05) is 11.9 Å². The van der Waals surface area contributed by atoms with Crippen molar-refractivity contribution >= 4 is 21.7 Å². The van der Waals surface area contributed by atoms with E-state index in [1.165, 1.54) is 0 Å². The van der Waals surface area contributed by atoms with Crippen LogP contribution in [-0.4, -0.2) is 21.3 Å². The van der Waals surface area contributed by atoms with Crippen LogP contribution in [0.25, 0.3) is 5.69 Å². The molecule has 5 nitrogen and oxygen atoms in total. The van der Waals surface area contributed by atoms with Gasteiger partial charge >= 0.3 is 0 Å². The normalized spacial score (nSPS) is 12.9. The molecule has 84 valence electrons. The summed E-state index contributed by atoms with van der Waals surface area (Å²) < 4.78 is 2.42. The van der Waals surface area contributed by atoms with Gasteiger partial charge in [0.05, 0.1) is 10.2 Å². The maximum atomic E-state index is 8.89. The van der Waals surface area contributed by atoms with E-state index >= 15 is 0 Å². The maximum Gasteiger partial charge on any atom is 0.177 e. The summed E-state index contributed by atoms with van der Waals surface area (Å²) in [7, 11) is 0. The summed E-state index contributed by atoms with van der Waals surface area (Å²) in [5, 5.41) is 16.3. The summed E-state index contributed by atoms with van der Waals surface area (Å²) in [4.78, 5) is 4.27. The predicted octanol–water partition coefficient (Wildman–Crippen LogP) is 1.87. The lowest BCUT2D eigenvalue weighted by Gasteiger charge is -2.06. The monoisotopic (exact) mass is 289 g/mol. The van der Waals surface area contributed by atoms with Crippen LogP contribution >= 0.6 is 15.9 Å². The summed E-state index contributed by atoms with van der Waals surface area (Å²) in [6, 6.07) is 3.95. The first-order valence-corrected chi connectivity index (χ1v) is 5.96. The highest BCUT2D eigenvalue weighted by Crippen LogP contribution is 2.27. The molecule has 0 aromatic carbocycles.